The van der Waals surface area contributed by atoms with Crippen LogP contribution in [0.1, 0.15) is 13.8 Å². The van der Waals surface area contributed by atoms with Gasteiger partial charge in [-0.05, 0) is 31.5 Å². The summed E-state index contributed by atoms with van der Waals surface area (Å²) in [5.74, 6) is 1.27. The number of rotatable bonds is 4. The summed E-state index contributed by atoms with van der Waals surface area (Å²) in [5, 5.41) is 4.38. The number of furan rings is 1. The fraction of sp³-hybridized carbons (Fsp3) is 0.417. The number of hydrogen-bond donors (Lipinski definition) is 2. The first-order valence-corrected chi connectivity index (χ1v) is 5.51. The molecule has 0 aliphatic carbocycles. The monoisotopic (exact) mass is 219 g/mol. The number of hydrogen-bond acceptors (Lipinski definition) is 4. The Bertz CT molecular complexity index is 466. The molecule has 0 radical (unpaired) electrons. The summed E-state index contributed by atoms with van der Waals surface area (Å²) in [6.07, 6.45) is 3.42. The van der Waals surface area contributed by atoms with Crippen LogP contribution in [0, 0.1) is 5.92 Å². The van der Waals surface area contributed by atoms with Gasteiger partial charge in [0.2, 0.25) is 0 Å². The van der Waals surface area contributed by atoms with Crippen molar-refractivity contribution in [2.75, 3.05) is 11.9 Å². The lowest BCUT2D eigenvalue weighted by molar-refractivity contribution is 0.520. The molecule has 0 saturated heterocycles. The number of fused-ring (bicyclic) bond motifs is 1. The molecule has 16 heavy (non-hydrogen) atoms. The van der Waals surface area contributed by atoms with Gasteiger partial charge in [-0.3, -0.25) is 0 Å². The molecule has 2 aromatic heterocycles. The van der Waals surface area contributed by atoms with Gasteiger partial charge in [-0.1, -0.05) is 6.92 Å². The minimum atomic E-state index is 0.290. The second-order valence-electron chi connectivity index (χ2n) is 4.14. The van der Waals surface area contributed by atoms with E-state index in [0.717, 1.165) is 16.8 Å². The lowest BCUT2D eigenvalue weighted by atomic mass is 10.0. The molecule has 4 nitrogen and oxygen atoms in total. The van der Waals surface area contributed by atoms with Gasteiger partial charge in [0.15, 0.2) is 0 Å². The quantitative estimate of drug-likeness (QED) is 0.827. The highest BCUT2D eigenvalue weighted by Crippen LogP contribution is 2.23. The van der Waals surface area contributed by atoms with E-state index in [1.807, 2.05) is 12.1 Å². The van der Waals surface area contributed by atoms with Crippen molar-refractivity contribution in [2.24, 2.45) is 11.7 Å². The van der Waals surface area contributed by atoms with E-state index in [0.29, 0.717) is 12.5 Å². The first-order valence-electron chi connectivity index (χ1n) is 5.51. The SMILES string of the molecule is CC(CN)C(C)Nc1nccc2occc12. The summed E-state index contributed by atoms with van der Waals surface area (Å²) in [6, 6.07) is 4.07. The Hall–Kier alpha value is -1.55. The summed E-state index contributed by atoms with van der Waals surface area (Å²) < 4.78 is 5.32. The Labute approximate surface area is 94.8 Å². The van der Waals surface area contributed by atoms with Crippen LogP contribution in [0.4, 0.5) is 5.82 Å². The van der Waals surface area contributed by atoms with E-state index in [9.17, 15) is 0 Å². The molecule has 4 heteroatoms. The van der Waals surface area contributed by atoms with E-state index in [4.69, 9.17) is 10.2 Å². The lowest BCUT2D eigenvalue weighted by Crippen LogP contribution is -2.29. The molecule has 0 aromatic carbocycles. The molecule has 2 heterocycles. The van der Waals surface area contributed by atoms with Gasteiger partial charge in [0.25, 0.3) is 0 Å². The Morgan fingerprint density at radius 3 is 3.00 bits per heavy atom. The summed E-state index contributed by atoms with van der Waals surface area (Å²) in [7, 11) is 0. The molecule has 0 saturated carbocycles. The van der Waals surface area contributed by atoms with Crippen LogP contribution in [-0.4, -0.2) is 17.6 Å². The number of nitrogens with one attached hydrogen (secondary N) is 1. The van der Waals surface area contributed by atoms with Crippen molar-refractivity contribution in [2.45, 2.75) is 19.9 Å². The maximum absolute atomic E-state index is 5.64. The van der Waals surface area contributed by atoms with Gasteiger partial charge in [0.05, 0.1) is 11.6 Å². The second kappa shape index (κ2) is 4.53. The smallest absolute Gasteiger partial charge is 0.139 e. The highest BCUT2D eigenvalue weighted by Gasteiger charge is 2.12. The number of aromatic nitrogens is 1. The van der Waals surface area contributed by atoms with Crippen molar-refractivity contribution in [3.8, 4) is 0 Å². The molecule has 2 aromatic rings. The van der Waals surface area contributed by atoms with Crippen LogP contribution in [0.3, 0.4) is 0 Å². The zero-order valence-electron chi connectivity index (χ0n) is 9.60. The third kappa shape index (κ3) is 2.02. The Morgan fingerprint density at radius 2 is 2.25 bits per heavy atom. The number of pyridine rings is 1. The van der Waals surface area contributed by atoms with E-state index in [2.05, 4.69) is 24.1 Å². The molecule has 0 spiro atoms. The average Bonchev–Trinajstić information content (AvgIpc) is 2.77. The summed E-state index contributed by atoms with van der Waals surface area (Å²) in [4.78, 5) is 4.32. The maximum Gasteiger partial charge on any atom is 0.139 e. The van der Waals surface area contributed by atoms with Crippen molar-refractivity contribution < 1.29 is 4.42 Å². The topological polar surface area (TPSA) is 64.1 Å². The Kier molecular flexibility index (Phi) is 3.10. The molecule has 2 rings (SSSR count). The largest absolute Gasteiger partial charge is 0.464 e. The molecule has 2 unspecified atom stereocenters. The zero-order chi connectivity index (χ0) is 11.5. The molecular formula is C12H17N3O. The molecule has 0 bridgehead atoms. The van der Waals surface area contributed by atoms with Gasteiger partial charge in [-0.2, -0.15) is 0 Å². The molecule has 0 aliphatic rings. The molecule has 0 amide bonds. The van der Waals surface area contributed by atoms with Gasteiger partial charge < -0.3 is 15.5 Å². The van der Waals surface area contributed by atoms with Gasteiger partial charge in [-0.25, -0.2) is 4.98 Å². The molecule has 3 N–H and O–H groups in total. The zero-order valence-corrected chi connectivity index (χ0v) is 9.60. The van der Waals surface area contributed by atoms with Crippen molar-refractivity contribution in [3.63, 3.8) is 0 Å². The van der Waals surface area contributed by atoms with Crippen LogP contribution in [0.25, 0.3) is 11.0 Å². The van der Waals surface area contributed by atoms with Gasteiger partial charge >= 0.3 is 0 Å². The minimum absolute atomic E-state index is 0.290. The minimum Gasteiger partial charge on any atom is -0.464 e. The van der Waals surface area contributed by atoms with Crippen LogP contribution >= 0.6 is 0 Å². The fourth-order valence-corrected chi connectivity index (χ4v) is 1.57. The first kappa shape index (κ1) is 11.0. The average molecular weight is 219 g/mol. The number of nitrogens with zero attached hydrogens (tertiary/aromatic N) is 1. The predicted octanol–water partition coefficient (Wildman–Crippen LogP) is 2.22. The summed E-state index contributed by atoms with van der Waals surface area (Å²) >= 11 is 0. The van der Waals surface area contributed by atoms with Gasteiger partial charge in [0.1, 0.15) is 11.4 Å². The maximum atomic E-state index is 5.64. The van der Waals surface area contributed by atoms with E-state index >= 15 is 0 Å². The van der Waals surface area contributed by atoms with Crippen molar-refractivity contribution in [3.05, 3.63) is 24.6 Å². The first-order chi connectivity index (χ1) is 7.72. The second-order valence-corrected chi connectivity index (χ2v) is 4.14. The lowest BCUT2D eigenvalue weighted by Gasteiger charge is -2.20. The van der Waals surface area contributed by atoms with E-state index in [-0.39, 0.29) is 6.04 Å². The molecule has 0 aliphatic heterocycles. The highest BCUT2D eigenvalue weighted by molar-refractivity contribution is 5.87. The summed E-state index contributed by atoms with van der Waals surface area (Å²) in [6.45, 7) is 4.89. The Morgan fingerprint density at radius 1 is 1.44 bits per heavy atom. The van der Waals surface area contributed by atoms with Crippen molar-refractivity contribution >= 4 is 16.8 Å². The van der Waals surface area contributed by atoms with E-state index in [1.165, 1.54) is 0 Å². The third-order valence-electron chi connectivity index (χ3n) is 2.97. The standard InChI is InChI=1S/C12H17N3O/c1-8(7-13)9(2)15-12-10-4-6-16-11(10)3-5-14-12/h3-6,8-9H,7,13H2,1-2H3,(H,14,15). The fourth-order valence-electron chi connectivity index (χ4n) is 1.57. The molecule has 0 fully saturated rings. The van der Waals surface area contributed by atoms with Crippen LogP contribution < -0.4 is 11.1 Å². The van der Waals surface area contributed by atoms with Gasteiger partial charge in [0, 0.05) is 12.2 Å². The Balaban J connectivity index is 2.23. The van der Waals surface area contributed by atoms with Crippen molar-refractivity contribution in [1.29, 1.82) is 0 Å². The molecular weight excluding hydrogens is 202 g/mol. The van der Waals surface area contributed by atoms with Crippen molar-refractivity contribution in [1.82, 2.24) is 4.98 Å². The normalized spacial score (nSPS) is 14.9. The molecule has 86 valence electrons. The number of anilines is 1. The highest BCUT2D eigenvalue weighted by atomic mass is 16.3. The number of nitrogens with two attached hydrogens (primary N) is 1. The van der Waals surface area contributed by atoms with Crippen LogP contribution in [0.5, 0.6) is 0 Å². The third-order valence-corrected chi connectivity index (χ3v) is 2.97. The molecule has 2 atom stereocenters. The van der Waals surface area contributed by atoms with Crippen LogP contribution in [-0.2, 0) is 0 Å². The van der Waals surface area contributed by atoms with Gasteiger partial charge in [-0.15, -0.1) is 0 Å². The van der Waals surface area contributed by atoms with E-state index < -0.39 is 0 Å². The van der Waals surface area contributed by atoms with E-state index in [1.54, 1.807) is 12.5 Å². The van der Waals surface area contributed by atoms with Crippen LogP contribution in [0.15, 0.2) is 29.0 Å². The summed E-state index contributed by atoms with van der Waals surface area (Å²) in [5.41, 5.74) is 6.49. The van der Waals surface area contributed by atoms with Crippen LogP contribution in [0.2, 0.25) is 0 Å². The predicted molar refractivity (Wildman–Crippen MR) is 65.3 cm³/mol.